The lowest BCUT2D eigenvalue weighted by atomic mass is 9.94. The first-order chi connectivity index (χ1) is 9.43. The largest absolute Gasteiger partial charge is 0.389 e. The number of hydrogen-bond acceptors (Lipinski definition) is 3. The van der Waals surface area contributed by atoms with Crippen molar-refractivity contribution in [1.29, 1.82) is 0 Å². The first-order valence-electron chi connectivity index (χ1n) is 6.79. The Labute approximate surface area is 124 Å². The Balaban J connectivity index is 2.17. The van der Waals surface area contributed by atoms with Gasteiger partial charge >= 0.3 is 0 Å². The third kappa shape index (κ3) is 3.53. The van der Waals surface area contributed by atoms with Gasteiger partial charge in [-0.25, -0.2) is 4.39 Å². The first kappa shape index (κ1) is 15.4. The highest BCUT2D eigenvalue weighted by molar-refractivity contribution is 7.80. The Morgan fingerprint density at radius 1 is 1.55 bits per heavy atom. The van der Waals surface area contributed by atoms with E-state index < -0.39 is 0 Å². The molecule has 3 nitrogen and oxygen atoms in total. The molecule has 0 amide bonds. The van der Waals surface area contributed by atoms with E-state index in [4.69, 9.17) is 22.7 Å². The summed E-state index contributed by atoms with van der Waals surface area (Å²) in [6.45, 7) is 4.56. The van der Waals surface area contributed by atoms with Crippen LogP contribution >= 0.6 is 12.2 Å². The molecule has 2 rings (SSSR count). The summed E-state index contributed by atoms with van der Waals surface area (Å²) in [7, 11) is 1.74. The molecule has 1 aromatic rings. The summed E-state index contributed by atoms with van der Waals surface area (Å²) in [5.74, 6) is -0.258. The minimum absolute atomic E-state index is 0.130. The number of likely N-dealkylation sites (tertiary alicyclic amines) is 1. The van der Waals surface area contributed by atoms with E-state index in [2.05, 4.69) is 11.8 Å². The molecule has 1 saturated heterocycles. The van der Waals surface area contributed by atoms with Crippen molar-refractivity contribution in [2.45, 2.75) is 31.9 Å². The van der Waals surface area contributed by atoms with Crippen molar-refractivity contribution in [2.24, 2.45) is 5.73 Å². The van der Waals surface area contributed by atoms with Crippen molar-refractivity contribution in [2.75, 3.05) is 20.2 Å². The van der Waals surface area contributed by atoms with Gasteiger partial charge in [-0.3, -0.25) is 4.90 Å². The van der Waals surface area contributed by atoms with Crippen LogP contribution in [-0.2, 0) is 11.3 Å². The minimum Gasteiger partial charge on any atom is -0.389 e. The molecule has 110 valence electrons. The van der Waals surface area contributed by atoms with Gasteiger partial charge in [0.2, 0.25) is 0 Å². The van der Waals surface area contributed by atoms with E-state index >= 15 is 0 Å². The molecule has 0 aliphatic carbocycles. The van der Waals surface area contributed by atoms with Gasteiger partial charge in [0.1, 0.15) is 10.8 Å². The Morgan fingerprint density at radius 3 is 2.95 bits per heavy atom. The molecule has 0 spiro atoms. The fraction of sp³-hybridized carbons (Fsp3) is 0.533. The van der Waals surface area contributed by atoms with E-state index in [9.17, 15) is 4.39 Å². The second kappa shape index (κ2) is 6.16. The SMILES string of the molecule is COC1(C)CCCN(Cc2cc(F)ccc2C(N)=S)C1. The summed E-state index contributed by atoms with van der Waals surface area (Å²) in [6.07, 6.45) is 2.12. The van der Waals surface area contributed by atoms with Crippen LogP contribution in [0.3, 0.4) is 0 Å². The number of ether oxygens (including phenoxy) is 1. The highest BCUT2D eigenvalue weighted by atomic mass is 32.1. The van der Waals surface area contributed by atoms with Gasteiger partial charge in [-0.05, 0) is 50.1 Å². The molecule has 2 N–H and O–H groups in total. The number of piperidine rings is 1. The van der Waals surface area contributed by atoms with Crippen LogP contribution in [0.15, 0.2) is 18.2 Å². The molecular formula is C15H21FN2OS. The Bertz CT molecular complexity index is 509. The van der Waals surface area contributed by atoms with Crippen LogP contribution in [-0.4, -0.2) is 35.7 Å². The predicted octanol–water partition coefficient (Wildman–Crippen LogP) is 2.46. The fourth-order valence-corrected chi connectivity index (χ4v) is 2.98. The van der Waals surface area contributed by atoms with Crippen LogP contribution in [0.2, 0.25) is 0 Å². The molecule has 0 aromatic heterocycles. The maximum Gasteiger partial charge on any atom is 0.123 e. The van der Waals surface area contributed by atoms with E-state index in [0.29, 0.717) is 11.5 Å². The highest BCUT2D eigenvalue weighted by Gasteiger charge is 2.30. The number of methoxy groups -OCH3 is 1. The van der Waals surface area contributed by atoms with Crippen LogP contribution in [0.25, 0.3) is 0 Å². The summed E-state index contributed by atoms with van der Waals surface area (Å²) in [4.78, 5) is 2.58. The molecule has 0 bridgehead atoms. The Kier molecular flexibility index (Phi) is 4.73. The van der Waals surface area contributed by atoms with Gasteiger partial charge in [-0.1, -0.05) is 12.2 Å². The van der Waals surface area contributed by atoms with E-state index in [1.807, 2.05) is 0 Å². The smallest absolute Gasteiger partial charge is 0.123 e. The summed E-state index contributed by atoms with van der Waals surface area (Å²) in [5, 5.41) is 0. The second-order valence-electron chi connectivity index (χ2n) is 5.63. The number of benzene rings is 1. The fourth-order valence-electron chi connectivity index (χ4n) is 2.78. The average Bonchev–Trinajstić information content (AvgIpc) is 2.38. The van der Waals surface area contributed by atoms with Crippen LogP contribution in [0.4, 0.5) is 4.39 Å². The van der Waals surface area contributed by atoms with Crippen LogP contribution in [0, 0.1) is 5.82 Å². The molecular weight excluding hydrogens is 275 g/mol. The van der Waals surface area contributed by atoms with Gasteiger partial charge in [-0.15, -0.1) is 0 Å². The third-order valence-corrected chi connectivity index (χ3v) is 4.18. The Hall–Kier alpha value is -1.04. The molecule has 1 aliphatic heterocycles. The number of thiocarbonyl (C=S) groups is 1. The molecule has 0 radical (unpaired) electrons. The van der Waals surface area contributed by atoms with Gasteiger partial charge in [0.15, 0.2) is 0 Å². The lowest BCUT2D eigenvalue weighted by Crippen LogP contribution is -2.47. The molecule has 1 heterocycles. The second-order valence-corrected chi connectivity index (χ2v) is 6.07. The number of hydrogen-bond donors (Lipinski definition) is 1. The molecule has 1 aromatic carbocycles. The molecule has 1 fully saturated rings. The van der Waals surface area contributed by atoms with Crippen LogP contribution in [0.5, 0.6) is 0 Å². The predicted molar refractivity (Wildman–Crippen MR) is 82.2 cm³/mol. The summed E-state index contributed by atoms with van der Waals surface area (Å²) >= 11 is 5.04. The molecule has 1 aliphatic rings. The monoisotopic (exact) mass is 296 g/mol. The van der Waals surface area contributed by atoms with E-state index in [1.165, 1.54) is 12.1 Å². The molecule has 1 atom stereocenters. The van der Waals surface area contributed by atoms with Crippen molar-refractivity contribution in [3.8, 4) is 0 Å². The van der Waals surface area contributed by atoms with Crippen molar-refractivity contribution in [3.05, 3.63) is 35.1 Å². The first-order valence-corrected chi connectivity index (χ1v) is 7.20. The molecule has 5 heteroatoms. The normalized spacial score (nSPS) is 23.8. The average molecular weight is 296 g/mol. The van der Waals surface area contributed by atoms with Crippen LogP contribution in [0.1, 0.15) is 30.9 Å². The van der Waals surface area contributed by atoms with Gasteiger partial charge in [0.05, 0.1) is 5.60 Å². The number of halogens is 1. The van der Waals surface area contributed by atoms with Gasteiger partial charge in [-0.2, -0.15) is 0 Å². The number of nitrogens with two attached hydrogens (primary N) is 1. The van der Waals surface area contributed by atoms with E-state index in [-0.39, 0.29) is 11.4 Å². The zero-order chi connectivity index (χ0) is 14.8. The maximum absolute atomic E-state index is 13.5. The van der Waals surface area contributed by atoms with Gasteiger partial charge < -0.3 is 10.5 Å². The lowest BCUT2D eigenvalue weighted by Gasteiger charge is -2.39. The lowest BCUT2D eigenvalue weighted by molar-refractivity contribution is -0.0527. The molecule has 0 saturated carbocycles. The van der Waals surface area contributed by atoms with Crippen LogP contribution < -0.4 is 5.73 Å². The van der Waals surface area contributed by atoms with Crippen molar-refractivity contribution in [1.82, 2.24) is 4.90 Å². The molecule has 1 unspecified atom stereocenters. The van der Waals surface area contributed by atoms with Crippen molar-refractivity contribution in [3.63, 3.8) is 0 Å². The zero-order valence-corrected chi connectivity index (χ0v) is 12.8. The van der Waals surface area contributed by atoms with E-state index in [1.54, 1.807) is 13.2 Å². The van der Waals surface area contributed by atoms with Gasteiger partial charge in [0, 0.05) is 25.8 Å². The number of nitrogens with zero attached hydrogens (tertiary/aromatic N) is 1. The Morgan fingerprint density at radius 2 is 2.30 bits per heavy atom. The van der Waals surface area contributed by atoms with E-state index in [0.717, 1.165) is 37.1 Å². The summed E-state index contributed by atoms with van der Waals surface area (Å²) in [6, 6.07) is 4.58. The third-order valence-electron chi connectivity index (χ3n) is 3.96. The minimum atomic E-state index is -0.258. The van der Waals surface area contributed by atoms with Crippen molar-refractivity contribution >= 4 is 17.2 Å². The zero-order valence-electron chi connectivity index (χ0n) is 12.0. The summed E-state index contributed by atoms with van der Waals surface area (Å²) in [5.41, 5.74) is 7.19. The maximum atomic E-state index is 13.5. The summed E-state index contributed by atoms with van der Waals surface area (Å²) < 4.78 is 19.0. The molecule has 20 heavy (non-hydrogen) atoms. The van der Waals surface area contributed by atoms with Crippen molar-refractivity contribution < 1.29 is 9.13 Å². The van der Waals surface area contributed by atoms with Gasteiger partial charge in [0.25, 0.3) is 0 Å². The number of rotatable bonds is 4. The standard InChI is InChI=1S/C15H21FN2OS/c1-15(19-2)6-3-7-18(10-15)9-11-8-12(16)4-5-13(11)14(17)20/h4-5,8H,3,6-7,9-10H2,1-2H3,(H2,17,20). The highest BCUT2D eigenvalue weighted by Crippen LogP contribution is 2.25. The topological polar surface area (TPSA) is 38.5 Å². The quantitative estimate of drug-likeness (QED) is 0.866.